The SMILES string of the molecule is CO/N=C(/C(=O)[O-])c1nsc(N)n1. The molecular weight excluding hydrogens is 196 g/mol. The van der Waals surface area contributed by atoms with E-state index >= 15 is 0 Å². The molecule has 0 radical (unpaired) electrons. The molecule has 2 N–H and O–H groups in total. The second kappa shape index (κ2) is 3.81. The quantitative estimate of drug-likeness (QED) is 0.457. The second-order valence-corrected chi connectivity index (χ2v) is 2.65. The van der Waals surface area contributed by atoms with E-state index in [1.807, 2.05) is 0 Å². The van der Waals surface area contributed by atoms with Gasteiger partial charge in [0.1, 0.15) is 7.11 Å². The van der Waals surface area contributed by atoms with Crippen molar-refractivity contribution in [1.29, 1.82) is 0 Å². The Morgan fingerprint density at radius 3 is 2.85 bits per heavy atom. The fourth-order valence-electron chi connectivity index (χ4n) is 0.592. The van der Waals surface area contributed by atoms with Gasteiger partial charge in [0, 0.05) is 11.5 Å². The molecule has 7 nitrogen and oxygen atoms in total. The van der Waals surface area contributed by atoms with E-state index in [9.17, 15) is 9.90 Å². The van der Waals surface area contributed by atoms with Crippen molar-refractivity contribution in [2.45, 2.75) is 0 Å². The molecule has 0 aromatic carbocycles. The number of hydrogen-bond donors (Lipinski definition) is 1. The summed E-state index contributed by atoms with van der Waals surface area (Å²) in [7, 11) is 1.21. The molecule has 70 valence electrons. The van der Waals surface area contributed by atoms with E-state index in [-0.39, 0.29) is 11.0 Å². The summed E-state index contributed by atoms with van der Waals surface area (Å²) in [5.41, 5.74) is 4.77. The van der Waals surface area contributed by atoms with Crippen molar-refractivity contribution in [3.8, 4) is 0 Å². The number of carboxylic acid groups (broad SMARTS) is 1. The second-order valence-electron chi connectivity index (χ2n) is 1.87. The van der Waals surface area contributed by atoms with Crippen molar-refractivity contribution < 1.29 is 14.7 Å². The maximum absolute atomic E-state index is 10.5. The van der Waals surface area contributed by atoms with Gasteiger partial charge in [-0.25, -0.2) is 0 Å². The van der Waals surface area contributed by atoms with Gasteiger partial charge in [-0.1, -0.05) is 5.16 Å². The van der Waals surface area contributed by atoms with E-state index in [0.717, 1.165) is 11.5 Å². The number of rotatable bonds is 3. The first-order valence-electron chi connectivity index (χ1n) is 3.07. The van der Waals surface area contributed by atoms with Crippen LogP contribution in [0, 0.1) is 0 Å². The van der Waals surface area contributed by atoms with Gasteiger partial charge >= 0.3 is 0 Å². The highest BCUT2D eigenvalue weighted by atomic mass is 32.1. The number of carboxylic acids is 1. The molecule has 0 bridgehead atoms. The predicted octanol–water partition coefficient (Wildman–Crippen LogP) is -1.78. The minimum Gasteiger partial charge on any atom is -0.543 e. The summed E-state index contributed by atoms with van der Waals surface area (Å²) in [6, 6.07) is 0. The zero-order chi connectivity index (χ0) is 9.84. The number of nitrogens with zero attached hydrogens (tertiary/aromatic N) is 3. The number of nitrogen functional groups attached to an aromatic ring is 1. The fraction of sp³-hybridized carbons (Fsp3) is 0.200. The molecular formula is C5H5N4O3S-. The minimum absolute atomic E-state index is 0.107. The van der Waals surface area contributed by atoms with Crippen molar-refractivity contribution in [3.63, 3.8) is 0 Å². The van der Waals surface area contributed by atoms with Crippen LogP contribution in [0.15, 0.2) is 5.16 Å². The first-order chi connectivity index (χ1) is 6.15. The first kappa shape index (κ1) is 9.39. The van der Waals surface area contributed by atoms with Crippen LogP contribution >= 0.6 is 11.5 Å². The number of oxime groups is 1. The number of carbonyl (C=O) groups excluding carboxylic acids is 1. The van der Waals surface area contributed by atoms with Crippen molar-refractivity contribution in [2.75, 3.05) is 12.8 Å². The number of aliphatic carboxylic acids is 1. The topological polar surface area (TPSA) is 114 Å². The molecule has 0 aliphatic carbocycles. The van der Waals surface area contributed by atoms with Crippen molar-refractivity contribution in [3.05, 3.63) is 5.82 Å². The van der Waals surface area contributed by atoms with Gasteiger partial charge in [-0.2, -0.15) is 9.36 Å². The summed E-state index contributed by atoms with van der Waals surface area (Å²) >= 11 is 0.865. The van der Waals surface area contributed by atoms with Crippen LogP contribution in [0.5, 0.6) is 0 Å². The first-order valence-corrected chi connectivity index (χ1v) is 3.84. The van der Waals surface area contributed by atoms with Crippen LogP contribution in [-0.2, 0) is 9.63 Å². The third-order valence-electron chi connectivity index (χ3n) is 1.03. The number of hydrogen-bond acceptors (Lipinski definition) is 8. The van der Waals surface area contributed by atoms with E-state index in [1.165, 1.54) is 7.11 Å². The van der Waals surface area contributed by atoms with E-state index in [2.05, 4.69) is 19.4 Å². The molecule has 0 fully saturated rings. The normalized spacial score (nSPS) is 11.3. The molecule has 0 unspecified atom stereocenters. The van der Waals surface area contributed by atoms with Gasteiger partial charge in [0.2, 0.25) is 0 Å². The van der Waals surface area contributed by atoms with E-state index in [1.54, 1.807) is 0 Å². The molecule has 0 aliphatic rings. The smallest absolute Gasteiger partial charge is 0.200 e. The van der Waals surface area contributed by atoms with Crippen LogP contribution in [0.3, 0.4) is 0 Å². The van der Waals surface area contributed by atoms with Gasteiger partial charge in [0.15, 0.2) is 16.7 Å². The van der Waals surface area contributed by atoms with Crippen LogP contribution in [0.4, 0.5) is 5.13 Å². The van der Waals surface area contributed by atoms with Gasteiger partial charge in [0.05, 0.1) is 5.97 Å². The summed E-state index contributed by atoms with van der Waals surface area (Å²) in [6.45, 7) is 0. The number of aromatic nitrogens is 2. The maximum Gasteiger partial charge on any atom is 0.200 e. The summed E-state index contributed by atoms with van der Waals surface area (Å²) in [5, 5.41) is 13.8. The van der Waals surface area contributed by atoms with E-state index in [4.69, 9.17) is 5.73 Å². The monoisotopic (exact) mass is 201 g/mol. The predicted molar refractivity (Wildman–Crippen MR) is 42.9 cm³/mol. The lowest BCUT2D eigenvalue weighted by Gasteiger charge is -2.00. The maximum atomic E-state index is 10.5. The highest BCUT2D eigenvalue weighted by Gasteiger charge is 2.11. The molecule has 1 rings (SSSR count). The van der Waals surface area contributed by atoms with Crippen LogP contribution in [0.2, 0.25) is 0 Å². The zero-order valence-electron chi connectivity index (χ0n) is 6.55. The number of anilines is 1. The van der Waals surface area contributed by atoms with Gasteiger partial charge in [0.25, 0.3) is 0 Å². The summed E-state index contributed by atoms with van der Waals surface area (Å²) in [6.07, 6.45) is 0. The Morgan fingerprint density at radius 1 is 1.77 bits per heavy atom. The average molecular weight is 201 g/mol. The fourth-order valence-corrected chi connectivity index (χ4v) is 1.03. The summed E-state index contributed by atoms with van der Waals surface area (Å²) < 4.78 is 3.63. The summed E-state index contributed by atoms with van der Waals surface area (Å²) in [4.78, 5) is 18.3. The lowest BCUT2D eigenvalue weighted by molar-refractivity contribution is -0.294. The molecule has 8 heteroatoms. The minimum atomic E-state index is -1.51. The van der Waals surface area contributed by atoms with Crippen LogP contribution in [0.1, 0.15) is 5.82 Å². The van der Waals surface area contributed by atoms with Gasteiger partial charge in [-0.3, -0.25) is 0 Å². The molecule has 0 amide bonds. The highest BCUT2D eigenvalue weighted by Crippen LogP contribution is 2.06. The number of nitrogens with two attached hydrogens (primary N) is 1. The molecule has 0 spiro atoms. The van der Waals surface area contributed by atoms with Gasteiger partial charge in [-0.15, -0.1) is 0 Å². The standard InChI is InChI=1S/C5H6N4O3S/c1-12-8-2(4(10)11)3-7-5(6)13-9-3/h1H3,(H,10,11)(H2,6,7,9)/p-1/b8-2+. The third-order valence-corrected chi connectivity index (χ3v) is 1.57. The lowest BCUT2D eigenvalue weighted by Crippen LogP contribution is -2.33. The largest absolute Gasteiger partial charge is 0.543 e. The van der Waals surface area contributed by atoms with Gasteiger partial charge in [-0.05, 0) is 0 Å². The Labute approximate surface area is 77.0 Å². The Bertz CT molecular complexity index is 347. The Kier molecular flexibility index (Phi) is 2.75. The lowest BCUT2D eigenvalue weighted by atomic mass is 10.4. The molecule has 1 heterocycles. The van der Waals surface area contributed by atoms with Crippen molar-refractivity contribution in [2.24, 2.45) is 5.16 Å². The molecule has 0 aliphatic heterocycles. The molecule has 0 atom stereocenters. The number of carbonyl (C=O) groups is 1. The molecule has 0 saturated heterocycles. The molecule has 13 heavy (non-hydrogen) atoms. The van der Waals surface area contributed by atoms with Crippen LogP contribution < -0.4 is 10.8 Å². The third kappa shape index (κ3) is 2.12. The van der Waals surface area contributed by atoms with Crippen LogP contribution in [-0.4, -0.2) is 28.1 Å². The zero-order valence-corrected chi connectivity index (χ0v) is 7.37. The average Bonchev–Trinajstić information content (AvgIpc) is 2.46. The Morgan fingerprint density at radius 2 is 2.46 bits per heavy atom. The van der Waals surface area contributed by atoms with Gasteiger partial charge < -0.3 is 20.5 Å². The summed E-state index contributed by atoms with van der Waals surface area (Å²) in [5.74, 6) is -1.62. The van der Waals surface area contributed by atoms with Crippen molar-refractivity contribution >= 4 is 28.3 Å². The van der Waals surface area contributed by atoms with Crippen molar-refractivity contribution in [1.82, 2.24) is 9.36 Å². The Balaban J connectivity index is 3.02. The van der Waals surface area contributed by atoms with Crippen LogP contribution in [0.25, 0.3) is 0 Å². The molecule has 0 saturated carbocycles. The molecule has 1 aromatic heterocycles. The van der Waals surface area contributed by atoms with E-state index < -0.39 is 11.7 Å². The van der Waals surface area contributed by atoms with E-state index in [0.29, 0.717) is 0 Å². The highest BCUT2D eigenvalue weighted by molar-refractivity contribution is 7.09. The Hall–Kier alpha value is -1.70. The molecule has 1 aromatic rings.